The van der Waals surface area contributed by atoms with Gasteiger partial charge in [-0.3, -0.25) is 9.48 Å². The summed E-state index contributed by atoms with van der Waals surface area (Å²) in [6.45, 7) is 3.38. The quantitative estimate of drug-likeness (QED) is 0.768. The summed E-state index contributed by atoms with van der Waals surface area (Å²) in [5.74, 6) is -2.69. The Balaban J connectivity index is 2.58. The highest BCUT2D eigenvalue weighted by molar-refractivity contribution is 6.10. The third kappa shape index (κ3) is 1.81. The first kappa shape index (κ1) is 12.4. The summed E-state index contributed by atoms with van der Waals surface area (Å²) in [4.78, 5) is 12.2. The van der Waals surface area contributed by atoms with E-state index in [-0.39, 0.29) is 5.56 Å². The first-order chi connectivity index (χ1) is 8.43. The lowest BCUT2D eigenvalue weighted by Crippen LogP contribution is -2.08. The molecule has 3 nitrogen and oxygen atoms in total. The lowest BCUT2D eigenvalue weighted by Gasteiger charge is -2.03. The van der Waals surface area contributed by atoms with Crippen molar-refractivity contribution in [2.75, 3.05) is 0 Å². The zero-order valence-electron chi connectivity index (χ0n) is 10.3. The fraction of sp³-hybridized carbons (Fsp3) is 0.231. The van der Waals surface area contributed by atoms with Crippen molar-refractivity contribution in [1.82, 2.24) is 9.78 Å². The number of aryl methyl sites for hydroxylation is 2. The van der Waals surface area contributed by atoms with Crippen molar-refractivity contribution in [2.24, 2.45) is 7.05 Å². The molecule has 0 N–H and O–H groups in total. The molecular weight excluding hydrogens is 238 g/mol. The summed E-state index contributed by atoms with van der Waals surface area (Å²) in [6, 6.07) is 3.56. The van der Waals surface area contributed by atoms with Crippen molar-refractivity contribution in [3.8, 4) is 0 Å². The summed E-state index contributed by atoms with van der Waals surface area (Å²) < 4.78 is 28.2. The Morgan fingerprint density at radius 2 is 1.94 bits per heavy atom. The summed E-state index contributed by atoms with van der Waals surface area (Å²) >= 11 is 0. The maximum absolute atomic E-state index is 13.6. The van der Waals surface area contributed by atoms with Gasteiger partial charge in [-0.1, -0.05) is 6.07 Å². The van der Waals surface area contributed by atoms with Crippen LogP contribution in [0.15, 0.2) is 18.2 Å². The standard InChI is InChI=1S/C13H12F2N2O/c1-7-11(8(2)17(3)16-7)13(18)9-5-4-6-10(14)12(9)15/h4-6H,1-3H3. The summed E-state index contributed by atoms with van der Waals surface area (Å²) in [5.41, 5.74) is 1.18. The van der Waals surface area contributed by atoms with E-state index >= 15 is 0 Å². The van der Waals surface area contributed by atoms with E-state index in [0.717, 1.165) is 6.07 Å². The molecule has 0 saturated heterocycles. The van der Waals surface area contributed by atoms with E-state index in [2.05, 4.69) is 5.10 Å². The van der Waals surface area contributed by atoms with Crippen molar-refractivity contribution in [2.45, 2.75) is 13.8 Å². The molecule has 1 aromatic heterocycles. The van der Waals surface area contributed by atoms with Crippen LogP contribution in [0.25, 0.3) is 0 Å². The zero-order valence-corrected chi connectivity index (χ0v) is 10.3. The van der Waals surface area contributed by atoms with Crippen LogP contribution in [0.1, 0.15) is 27.3 Å². The average Bonchev–Trinajstić information content (AvgIpc) is 2.56. The molecule has 0 radical (unpaired) electrons. The van der Waals surface area contributed by atoms with E-state index in [1.807, 2.05) is 0 Å². The Morgan fingerprint density at radius 3 is 2.50 bits per heavy atom. The van der Waals surface area contributed by atoms with Gasteiger partial charge in [0.2, 0.25) is 0 Å². The van der Waals surface area contributed by atoms with Crippen LogP contribution in [0.4, 0.5) is 8.78 Å². The van der Waals surface area contributed by atoms with Crippen LogP contribution in [0.5, 0.6) is 0 Å². The molecule has 1 heterocycles. The second-order valence-corrected chi connectivity index (χ2v) is 4.10. The van der Waals surface area contributed by atoms with Crippen LogP contribution in [-0.4, -0.2) is 15.6 Å². The van der Waals surface area contributed by atoms with Gasteiger partial charge in [-0.2, -0.15) is 5.10 Å². The van der Waals surface area contributed by atoms with Gasteiger partial charge in [0.15, 0.2) is 17.4 Å². The minimum Gasteiger partial charge on any atom is -0.288 e. The number of carbonyl (C=O) groups is 1. The van der Waals surface area contributed by atoms with Gasteiger partial charge in [-0.05, 0) is 26.0 Å². The normalized spacial score (nSPS) is 10.7. The number of nitrogens with zero attached hydrogens (tertiary/aromatic N) is 2. The monoisotopic (exact) mass is 250 g/mol. The largest absolute Gasteiger partial charge is 0.288 e. The molecule has 0 saturated carbocycles. The lowest BCUT2D eigenvalue weighted by molar-refractivity contribution is 0.103. The van der Waals surface area contributed by atoms with Crippen LogP contribution in [0.3, 0.4) is 0 Å². The number of rotatable bonds is 2. The predicted molar refractivity (Wildman–Crippen MR) is 62.5 cm³/mol. The minimum absolute atomic E-state index is 0.269. The molecule has 18 heavy (non-hydrogen) atoms. The van der Waals surface area contributed by atoms with Crippen molar-refractivity contribution in [3.05, 3.63) is 52.3 Å². The molecule has 0 aliphatic rings. The number of hydrogen-bond donors (Lipinski definition) is 0. The highest BCUT2D eigenvalue weighted by atomic mass is 19.2. The summed E-state index contributed by atoms with van der Waals surface area (Å²) in [6.07, 6.45) is 0. The van der Waals surface area contributed by atoms with Crippen molar-refractivity contribution >= 4 is 5.78 Å². The van der Waals surface area contributed by atoms with Crippen LogP contribution < -0.4 is 0 Å². The van der Waals surface area contributed by atoms with Crippen LogP contribution in [0.2, 0.25) is 0 Å². The predicted octanol–water partition coefficient (Wildman–Crippen LogP) is 2.55. The highest BCUT2D eigenvalue weighted by Gasteiger charge is 2.22. The Hall–Kier alpha value is -2.04. The van der Waals surface area contributed by atoms with Gasteiger partial charge >= 0.3 is 0 Å². The maximum atomic E-state index is 13.6. The molecule has 0 fully saturated rings. The van der Waals surface area contributed by atoms with E-state index in [4.69, 9.17) is 0 Å². The fourth-order valence-corrected chi connectivity index (χ4v) is 1.92. The van der Waals surface area contributed by atoms with Gasteiger partial charge < -0.3 is 0 Å². The molecule has 2 aromatic rings. The molecule has 0 amide bonds. The number of benzene rings is 1. The Morgan fingerprint density at radius 1 is 1.28 bits per heavy atom. The Bertz CT molecular complexity index is 632. The van der Waals surface area contributed by atoms with E-state index in [1.54, 1.807) is 25.6 Å². The maximum Gasteiger partial charge on any atom is 0.199 e. The smallest absolute Gasteiger partial charge is 0.199 e. The average molecular weight is 250 g/mol. The van der Waals surface area contributed by atoms with Crippen LogP contribution in [0, 0.1) is 25.5 Å². The number of aromatic nitrogens is 2. The van der Waals surface area contributed by atoms with Gasteiger partial charge in [-0.15, -0.1) is 0 Å². The molecule has 5 heteroatoms. The molecule has 0 spiro atoms. The van der Waals surface area contributed by atoms with E-state index in [9.17, 15) is 13.6 Å². The fourth-order valence-electron chi connectivity index (χ4n) is 1.92. The van der Waals surface area contributed by atoms with Gasteiger partial charge in [0.1, 0.15) is 0 Å². The molecule has 0 bridgehead atoms. The van der Waals surface area contributed by atoms with E-state index in [0.29, 0.717) is 17.0 Å². The second-order valence-electron chi connectivity index (χ2n) is 4.10. The van der Waals surface area contributed by atoms with Crippen molar-refractivity contribution < 1.29 is 13.6 Å². The molecular formula is C13H12F2N2O. The van der Waals surface area contributed by atoms with Gasteiger partial charge in [-0.25, -0.2) is 8.78 Å². The SMILES string of the molecule is Cc1nn(C)c(C)c1C(=O)c1cccc(F)c1F. The summed E-state index contributed by atoms with van der Waals surface area (Å²) in [7, 11) is 1.70. The molecule has 94 valence electrons. The third-order valence-electron chi connectivity index (χ3n) is 2.93. The Kier molecular flexibility index (Phi) is 2.98. The van der Waals surface area contributed by atoms with Crippen LogP contribution >= 0.6 is 0 Å². The van der Waals surface area contributed by atoms with Gasteiger partial charge in [0, 0.05) is 12.7 Å². The first-order valence-electron chi connectivity index (χ1n) is 5.42. The lowest BCUT2D eigenvalue weighted by atomic mass is 10.0. The number of halogens is 2. The zero-order chi connectivity index (χ0) is 13.4. The minimum atomic E-state index is -1.12. The number of hydrogen-bond acceptors (Lipinski definition) is 2. The van der Waals surface area contributed by atoms with Gasteiger partial charge in [0.25, 0.3) is 0 Å². The van der Waals surface area contributed by atoms with Gasteiger partial charge in [0.05, 0.1) is 16.8 Å². The molecule has 0 aliphatic carbocycles. The van der Waals surface area contributed by atoms with Crippen molar-refractivity contribution in [3.63, 3.8) is 0 Å². The number of ketones is 1. The van der Waals surface area contributed by atoms with Crippen LogP contribution in [-0.2, 0) is 7.05 Å². The first-order valence-corrected chi connectivity index (χ1v) is 5.42. The summed E-state index contributed by atoms with van der Waals surface area (Å²) in [5, 5.41) is 4.09. The molecule has 1 aromatic carbocycles. The Labute approximate surface area is 103 Å². The topological polar surface area (TPSA) is 34.9 Å². The van der Waals surface area contributed by atoms with Crippen molar-refractivity contribution in [1.29, 1.82) is 0 Å². The molecule has 0 aliphatic heterocycles. The number of carbonyl (C=O) groups excluding carboxylic acids is 1. The molecule has 2 rings (SSSR count). The van der Waals surface area contributed by atoms with E-state index in [1.165, 1.54) is 12.1 Å². The molecule has 0 atom stereocenters. The molecule has 0 unspecified atom stereocenters. The highest BCUT2D eigenvalue weighted by Crippen LogP contribution is 2.20. The third-order valence-corrected chi connectivity index (χ3v) is 2.93. The van der Waals surface area contributed by atoms with E-state index < -0.39 is 17.4 Å². The second kappa shape index (κ2) is 4.33.